The number of pyridine rings is 1. The lowest BCUT2D eigenvalue weighted by molar-refractivity contribution is -0.124. The van der Waals surface area contributed by atoms with Gasteiger partial charge in [0.25, 0.3) is 5.91 Å². The Labute approximate surface area is 168 Å². The van der Waals surface area contributed by atoms with Gasteiger partial charge in [-0.1, -0.05) is 34.1 Å². The van der Waals surface area contributed by atoms with E-state index in [-0.39, 0.29) is 0 Å². The molecule has 0 saturated carbocycles. The van der Waals surface area contributed by atoms with E-state index in [0.717, 1.165) is 49.4 Å². The molecule has 0 radical (unpaired) electrons. The summed E-state index contributed by atoms with van der Waals surface area (Å²) in [5.74, 6) is 0.0894. The van der Waals surface area contributed by atoms with Crippen LogP contribution in [0.2, 0.25) is 0 Å². The first-order chi connectivity index (χ1) is 13.5. The number of aromatic nitrogens is 2. The molecule has 28 heavy (non-hydrogen) atoms. The quantitative estimate of drug-likeness (QED) is 0.347. The number of nitrogens with one attached hydrogen (secondary N) is 1. The monoisotopic (exact) mass is 386 g/mol. The van der Waals surface area contributed by atoms with Crippen LogP contribution in [0.4, 0.5) is 0 Å². The van der Waals surface area contributed by atoms with Gasteiger partial charge in [-0.3, -0.25) is 14.9 Å². The molecule has 154 valence electrons. The normalized spacial score (nSPS) is 12.0. The summed E-state index contributed by atoms with van der Waals surface area (Å²) >= 11 is 0. The molecule has 0 fully saturated rings. The Hall–Kier alpha value is -2.18. The number of unbranched alkanes of at least 4 members (excludes halogenated alkanes) is 1. The number of amides is 1. The molecule has 2 aromatic heterocycles. The maximum atomic E-state index is 11.2. The van der Waals surface area contributed by atoms with Crippen LogP contribution in [0.3, 0.4) is 0 Å². The van der Waals surface area contributed by atoms with E-state index >= 15 is 0 Å². The van der Waals surface area contributed by atoms with Crippen molar-refractivity contribution in [3.05, 3.63) is 41.4 Å². The molecular weight excluding hydrogens is 352 g/mol. The molecule has 0 unspecified atom stereocenters. The lowest BCUT2D eigenvalue weighted by atomic mass is 10.1. The van der Waals surface area contributed by atoms with Crippen molar-refractivity contribution in [1.29, 1.82) is 0 Å². The van der Waals surface area contributed by atoms with Gasteiger partial charge in [0.1, 0.15) is 5.65 Å². The smallest absolute Gasteiger partial charge is 0.267 e. The summed E-state index contributed by atoms with van der Waals surface area (Å²) in [6.07, 6.45) is 9.49. The summed E-state index contributed by atoms with van der Waals surface area (Å²) in [5, 5.41) is 8.62. The Morgan fingerprint density at radius 2 is 2.18 bits per heavy atom. The topological polar surface area (TPSA) is 69.9 Å². The van der Waals surface area contributed by atoms with E-state index in [1.807, 2.05) is 18.3 Å². The van der Waals surface area contributed by atoms with Crippen molar-refractivity contribution < 1.29 is 10.0 Å². The van der Waals surface area contributed by atoms with Crippen LogP contribution in [0.25, 0.3) is 11.7 Å². The van der Waals surface area contributed by atoms with Crippen LogP contribution in [0.5, 0.6) is 0 Å². The Morgan fingerprint density at radius 1 is 1.39 bits per heavy atom. The van der Waals surface area contributed by atoms with Gasteiger partial charge in [0, 0.05) is 18.8 Å². The fourth-order valence-corrected chi connectivity index (χ4v) is 3.21. The number of fused-ring (bicyclic) bond motifs is 1. The Bertz CT molecular complexity index is 795. The van der Waals surface area contributed by atoms with Crippen LogP contribution in [-0.4, -0.2) is 38.5 Å². The van der Waals surface area contributed by atoms with E-state index in [1.165, 1.54) is 24.6 Å². The van der Waals surface area contributed by atoms with E-state index in [0.29, 0.717) is 5.92 Å². The minimum atomic E-state index is -0.545. The van der Waals surface area contributed by atoms with Crippen molar-refractivity contribution in [2.75, 3.05) is 13.1 Å². The van der Waals surface area contributed by atoms with Crippen LogP contribution >= 0.6 is 0 Å². The highest BCUT2D eigenvalue weighted by atomic mass is 16.5. The van der Waals surface area contributed by atoms with Crippen molar-refractivity contribution in [2.45, 2.75) is 59.9 Å². The summed E-state index contributed by atoms with van der Waals surface area (Å²) in [4.78, 5) is 18.6. The average molecular weight is 387 g/mol. The van der Waals surface area contributed by atoms with Gasteiger partial charge in [-0.15, -0.1) is 0 Å². The number of carbonyl (C=O) groups is 1. The fraction of sp³-hybridized carbons (Fsp3) is 0.545. The minimum absolute atomic E-state index is 0.545. The van der Waals surface area contributed by atoms with E-state index < -0.39 is 5.91 Å². The molecule has 1 amide bonds. The third kappa shape index (κ3) is 6.17. The lowest BCUT2D eigenvalue weighted by Crippen LogP contribution is -2.25. The first-order valence-corrected chi connectivity index (χ1v) is 10.3. The van der Waals surface area contributed by atoms with E-state index in [1.54, 1.807) is 11.6 Å². The van der Waals surface area contributed by atoms with Crippen molar-refractivity contribution in [2.24, 2.45) is 5.92 Å². The number of aryl methyl sites for hydroxylation is 1. The maximum absolute atomic E-state index is 11.2. The summed E-state index contributed by atoms with van der Waals surface area (Å²) in [6.45, 7) is 11.9. The zero-order valence-electron chi connectivity index (χ0n) is 17.6. The zero-order chi connectivity index (χ0) is 20.5. The highest BCUT2D eigenvalue weighted by Gasteiger charge is 2.15. The predicted octanol–water partition coefficient (Wildman–Crippen LogP) is 4.06. The first-order valence-electron chi connectivity index (χ1n) is 10.3. The molecule has 0 saturated heterocycles. The van der Waals surface area contributed by atoms with Crippen LogP contribution in [0, 0.1) is 5.92 Å². The van der Waals surface area contributed by atoms with Gasteiger partial charge in [-0.2, -0.15) is 0 Å². The molecule has 0 aromatic carbocycles. The van der Waals surface area contributed by atoms with Gasteiger partial charge in [0.2, 0.25) is 0 Å². The first kappa shape index (κ1) is 22.1. The number of carbonyl (C=O) groups excluding carboxylic acids is 1. The SMILES string of the molecule is CCCCN(CC)Cc1c(CCC(C)C)nc2cc(C=CC(=O)NO)ccn12. The summed E-state index contributed by atoms with van der Waals surface area (Å²) in [5.41, 5.74) is 5.80. The number of hydrogen-bond acceptors (Lipinski definition) is 4. The molecule has 2 N–H and O–H groups in total. The van der Waals surface area contributed by atoms with Gasteiger partial charge in [0.15, 0.2) is 0 Å². The van der Waals surface area contributed by atoms with Gasteiger partial charge < -0.3 is 4.40 Å². The Balaban J connectivity index is 2.35. The number of hydroxylamine groups is 1. The summed E-state index contributed by atoms with van der Waals surface area (Å²) < 4.78 is 2.17. The molecule has 0 spiro atoms. The third-order valence-corrected chi connectivity index (χ3v) is 4.98. The molecule has 0 aliphatic carbocycles. The van der Waals surface area contributed by atoms with E-state index in [4.69, 9.17) is 10.2 Å². The lowest BCUT2D eigenvalue weighted by Gasteiger charge is -2.20. The molecule has 6 heteroatoms. The van der Waals surface area contributed by atoms with E-state index in [2.05, 4.69) is 37.0 Å². The molecule has 2 rings (SSSR count). The van der Waals surface area contributed by atoms with Crippen LogP contribution < -0.4 is 5.48 Å². The molecule has 6 nitrogen and oxygen atoms in total. The molecule has 0 aliphatic rings. The van der Waals surface area contributed by atoms with Gasteiger partial charge in [-0.25, -0.2) is 10.5 Å². The zero-order valence-corrected chi connectivity index (χ0v) is 17.6. The predicted molar refractivity (Wildman–Crippen MR) is 113 cm³/mol. The average Bonchev–Trinajstić information content (AvgIpc) is 3.03. The molecule has 0 bridgehead atoms. The molecule has 2 heterocycles. The maximum Gasteiger partial charge on any atom is 0.267 e. The number of imidazole rings is 1. The largest absolute Gasteiger partial charge is 0.302 e. The second-order valence-electron chi connectivity index (χ2n) is 7.66. The van der Waals surface area contributed by atoms with E-state index in [9.17, 15) is 4.79 Å². The minimum Gasteiger partial charge on any atom is -0.302 e. The molecule has 0 aliphatic heterocycles. The summed E-state index contributed by atoms with van der Waals surface area (Å²) in [6, 6.07) is 3.94. The molecule has 0 atom stereocenters. The van der Waals surface area contributed by atoms with Gasteiger partial charge in [0.05, 0.1) is 11.4 Å². The highest BCUT2D eigenvalue weighted by molar-refractivity contribution is 5.90. The third-order valence-electron chi connectivity index (χ3n) is 4.98. The van der Waals surface area contributed by atoms with Crippen molar-refractivity contribution >= 4 is 17.6 Å². The highest BCUT2D eigenvalue weighted by Crippen LogP contribution is 2.20. The molecule has 2 aromatic rings. The van der Waals surface area contributed by atoms with Crippen molar-refractivity contribution in [3.63, 3.8) is 0 Å². The Morgan fingerprint density at radius 3 is 2.82 bits per heavy atom. The van der Waals surface area contributed by atoms with Crippen LogP contribution in [0.1, 0.15) is 63.9 Å². The second kappa shape index (κ2) is 11.0. The van der Waals surface area contributed by atoms with Crippen LogP contribution in [0.15, 0.2) is 24.4 Å². The fourth-order valence-electron chi connectivity index (χ4n) is 3.21. The number of nitrogens with zero attached hydrogens (tertiary/aromatic N) is 3. The standard InChI is InChI=1S/C22H34N4O2/c1-5-7-13-25(6-2)16-20-19(10-8-17(3)4)23-21-15-18(12-14-26(20)21)9-11-22(27)24-28/h9,11-12,14-15,17,28H,5-8,10,13,16H2,1-4H3,(H,24,27). The summed E-state index contributed by atoms with van der Waals surface area (Å²) in [7, 11) is 0. The number of rotatable bonds is 11. The van der Waals surface area contributed by atoms with Gasteiger partial charge in [-0.05, 0) is 62.0 Å². The Kier molecular flexibility index (Phi) is 8.67. The second-order valence-corrected chi connectivity index (χ2v) is 7.66. The van der Waals surface area contributed by atoms with Crippen LogP contribution in [-0.2, 0) is 17.8 Å². The number of hydrogen-bond donors (Lipinski definition) is 2. The van der Waals surface area contributed by atoms with Gasteiger partial charge >= 0.3 is 0 Å². The molecular formula is C22H34N4O2. The van der Waals surface area contributed by atoms with Crippen molar-refractivity contribution in [3.8, 4) is 0 Å². The van der Waals surface area contributed by atoms with Crippen molar-refractivity contribution in [1.82, 2.24) is 19.8 Å².